The highest BCUT2D eigenvalue weighted by Crippen LogP contribution is 2.40. The molecule has 2 aliphatic rings. The Hall–Kier alpha value is -3.94. The maximum absolute atomic E-state index is 12.0. The third-order valence-electron chi connectivity index (χ3n) is 5.41. The monoisotopic (exact) mass is 414 g/mol. The van der Waals surface area contributed by atoms with Gasteiger partial charge in [0.05, 0.1) is 12.4 Å². The second kappa shape index (κ2) is 7.09. The fraction of sp³-hybridized carbons (Fsp3) is 0.217. The standard InChI is InChI=1S/C23H18N4O4/c28-22-7-8-24-21-6-4-16(12-27(21)22)30-17-9-19-23(26-11-17)31-20(13-29-19)15-3-5-18(25-10-15)14-1-2-14/h3-12,14,20H,1-2,13H2/t20-/m1/s1. The SMILES string of the molecule is O=c1ccnc2ccc(Oc3cnc4c(c3)OC[C@H](c3ccc(C5CC5)nc3)O4)cn12. The average molecular weight is 414 g/mol. The fourth-order valence-electron chi connectivity index (χ4n) is 3.60. The lowest BCUT2D eigenvalue weighted by atomic mass is 10.1. The summed E-state index contributed by atoms with van der Waals surface area (Å²) in [6.07, 6.45) is 8.69. The predicted molar refractivity (Wildman–Crippen MR) is 111 cm³/mol. The van der Waals surface area contributed by atoms with Gasteiger partial charge in [-0.15, -0.1) is 0 Å². The van der Waals surface area contributed by atoms with Crippen LogP contribution in [0.4, 0.5) is 0 Å². The molecule has 8 heteroatoms. The summed E-state index contributed by atoms with van der Waals surface area (Å²) in [7, 11) is 0. The molecular weight excluding hydrogens is 396 g/mol. The summed E-state index contributed by atoms with van der Waals surface area (Å²) in [6, 6.07) is 10.7. The molecule has 0 unspecified atom stereocenters. The first-order valence-electron chi connectivity index (χ1n) is 10.1. The number of fused-ring (bicyclic) bond motifs is 2. The van der Waals surface area contributed by atoms with Crippen LogP contribution in [-0.4, -0.2) is 26.0 Å². The number of rotatable bonds is 4. The molecule has 0 bridgehead atoms. The normalized spacial score (nSPS) is 17.5. The minimum Gasteiger partial charge on any atom is -0.484 e. The van der Waals surface area contributed by atoms with Crippen LogP contribution in [0.3, 0.4) is 0 Å². The molecule has 0 radical (unpaired) electrons. The molecule has 0 amide bonds. The van der Waals surface area contributed by atoms with Crippen molar-refractivity contribution < 1.29 is 14.2 Å². The Balaban J connectivity index is 1.20. The van der Waals surface area contributed by atoms with Gasteiger partial charge in [-0.2, -0.15) is 0 Å². The van der Waals surface area contributed by atoms with Crippen molar-refractivity contribution >= 4 is 5.65 Å². The summed E-state index contributed by atoms with van der Waals surface area (Å²) in [5.74, 6) is 2.51. The van der Waals surface area contributed by atoms with Crippen LogP contribution in [0, 0.1) is 0 Å². The Morgan fingerprint density at radius 3 is 2.77 bits per heavy atom. The molecule has 1 aliphatic carbocycles. The van der Waals surface area contributed by atoms with Gasteiger partial charge in [-0.1, -0.05) is 6.07 Å². The number of pyridine rings is 3. The molecule has 8 nitrogen and oxygen atoms in total. The Morgan fingerprint density at radius 1 is 1.00 bits per heavy atom. The molecule has 1 fully saturated rings. The maximum Gasteiger partial charge on any atom is 0.258 e. The third kappa shape index (κ3) is 3.46. The zero-order valence-corrected chi connectivity index (χ0v) is 16.5. The highest BCUT2D eigenvalue weighted by Gasteiger charge is 2.27. The van der Waals surface area contributed by atoms with Gasteiger partial charge in [-0.3, -0.25) is 14.2 Å². The van der Waals surface area contributed by atoms with Crippen molar-refractivity contribution in [3.8, 4) is 23.1 Å². The van der Waals surface area contributed by atoms with E-state index in [4.69, 9.17) is 14.2 Å². The largest absolute Gasteiger partial charge is 0.484 e. The average Bonchev–Trinajstić information content (AvgIpc) is 3.65. The molecule has 5 heterocycles. The molecule has 0 N–H and O–H groups in total. The third-order valence-corrected chi connectivity index (χ3v) is 5.41. The van der Waals surface area contributed by atoms with E-state index in [1.807, 2.05) is 12.3 Å². The van der Waals surface area contributed by atoms with E-state index in [-0.39, 0.29) is 11.7 Å². The first-order valence-corrected chi connectivity index (χ1v) is 10.1. The Morgan fingerprint density at radius 2 is 1.94 bits per heavy atom. The minimum atomic E-state index is -0.257. The van der Waals surface area contributed by atoms with Crippen LogP contribution in [0.1, 0.15) is 36.1 Å². The molecule has 0 spiro atoms. The zero-order chi connectivity index (χ0) is 20.8. The molecule has 1 atom stereocenters. The Labute approximate surface area is 177 Å². The van der Waals surface area contributed by atoms with Gasteiger partial charge in [-0.25, -0.2) is 9.97 Å². The second-order valence-electron chi connectivity index (χ2n) is 7.66. The maximum atomic E-state index is 12.0. The van der Waals surface area contributed by atoms with Crippen LogP contribution in [0.2, 0.25) is 0 Å². The van der Waals surface area contributed by atoms with Crippen LogP contribution in [0.15, 0.2) is 66.0 Å². The van der Waals surface area contributed by atoms with E-state index >= 15 is 0 Å². The van der Waals surface area contributed by atoms with E-state index in [1.165, 1.54) is 29.5 Å². The van der Waals surface area contributed by atoms with Crippen LogP contribution in [-0.2, 0) is 0 Å². The Bertz CT molecular complexity index is 1330. The van der Waals surface area contributed by atoms with Gasteiger partial charge >= 0.3 is 0 Å². The quantitative estimate of drug-likeness (QED) is 0.503. The number of hydrogen-bond donors (Lipinski definition) is 0. The first kappa shape index (κ1) is 17.9. The van der Waals surface area contributed by atoms with E-state index in [9.17, 15) is 4.79 Å². The molecule has 0 aromatic carbocycles. The van der Waals surface area contributed by atoms with Crippen LogP contribution < -0.4 is 19.8 Å². The van der Waals surface area contributed by atoms with Crippen molar-refractivity contribution in [3.05, 3.63) is 82.8 Å². The van der Waals surface area contributed by atoms with Crippen molar-refractivity contribution in [2.45, 2.75) is 24.9 Å². The lowest BCUT2D eigenvalue weighted by Crippen LogP contribution is -2.22. The molecule has 4 aromatic rings. The van der Waals surface area contributed by atoms with Gasteiger partial charge < -0.3 is 14.2 Å². The topological polar surface area (TPSA) is 87.8 Å². The fourth-order valence-corrected chi connectivity index (χ4v) is 3.60. The summed E-state index contributed by atoms with van der Waals surface area (Å²) in [5.41, 5.74) is 2.48. The van der Waals surface area contributed by atoms with Crippen molar-refractivity contribution in [2.24, 2.45) is 0 Å². The zero-order valence-electron chi connectivity index (χ0n) is 16.5. The Kier molecular flexibility index (Phi) is 4.09. The second-order valence-corrected chi connectivity index (χ2v) is 7.66. The van der Waals surface area contributed by atoms with Crippen LogP contribution in [0.25, 0.3) is 5.65 Å². The van der Waals surface area contributed by atoms with E-state index < -0.39 is 0 Å². The molecule has 31 heavy (non-hydrogen) atoms. The molecule has 154 valence electrons. The number of nitrogens with zero attached hydrogens (tertiary/aromatic N) is 4. The number of hydrogen-bond acceptors (Lipinski definition) is 7. The van der Waals surface area contributed by atoms with E-state index in [1.54, 1.807) is 30.6 Å². The molecule has 6 rings (SSSR count). The van der Waals surface area contributed by atoms with Gasteiger partial charge in [0.1, 0.15) is 23.8 Å². The number of ether oxygens (including phenoxy) is 3. The van der Waals surface area contributed by atoms with E-state index in [0.29, 0.717) is 41.3 Å². The highest BCUT2D eigenvalue weighted by atomic mass is 16.6. The molecule has 4 aromatic heterocycles. The molecule has 1 aliphatic heterocycles. The van der Waals surface area contributed by atoms with Gasteiger partial charge in [0.2, 0.25) is 0 Å². The van der Waals surface area contributed by atoms with Crippen molar-refractivity contribution in [2.75, 3.05) is 6.61 Å². The number of aromatic nitrogens is 4. The molecule has 0 saturated heterocycles. The summed E-state index contributed by atoms with van der Waals surface area (Å²) < 4.78 is 19.2. The summed E-state index contributed by atoms with van der Waals surface area (Å²) >= 11 is 0. The van der Waals surface area contributed by atoms with E-state index in [0.717, 1.165) is 11.3 Å². The smallest absolute Gasteiger partial charge is 0.258 e. The van der Waals surface area contributed by atoms with Crippen LogP contribution >= 0.6 is 0 Å². The summed E-state index contributed by atoms with van der Waals surface area (Å²) in [4.78, 5) is 25.1. The van der Waals surface area contributed by atoms with Crippen molar-refractivity contribution in [3.63, 3.8) is 0 Å². The van der Waals surface area contributed by atoms with Gasteiger partial charge in [0.15, 0.2) is 11.9 Å². The lowest BCUT2D eigenvalue weighted by molar-refractivity contribution is 0.0844. The van der Waals surface area contributed by atoms with Gasteiger partial charge in [0.25, 0.3) is 11.4 Å². The van der Waals surface area contributed by atoms with E-state index in [2.05, 4.69) is 21.0 Å². The van der Waals surface area contributed by atoms with Gasteiger partial charge in [0, 0.05) is 41.7 Å². The lowest BCUT2D eigenvalue weighted by Gasteiger charge is -2.26. The summed E-state index contributed by atoms with van der Waals surface area (Å²) in [6.45, 7) is 0.361. The molecule has 1 saturated carbocycles. The van der Waals surface area contributed by atoms with Crippen molar-refractivity contribution in [1.82, 2.24) is 19.4 Å². The van der Waals surface area contributed by atoms with Crippen molar-refractivity contribution in [1.29, 1.82) is 0 Å². The first-order chi connectivity index (χ1) is 15.2. The molecular formula is C23H18N4O4. The van der Waals surface area contributed by atoms with Gasteiger partial charge in [-0.05, 0) is 31.0 Å². The van der Waals surface area contributed by atoms with Crippen LogP contribution in [0.5, 0.6) is 23.1 Å². The predicted octanol–water partition coefficient (Wildman–Crippen LogP) is 3.67. The minimum absolute atomic E-state index is 0.179. The highest BCUT2D eigenvalue weighted by molar-refractivity contribution is 5.45. The summed E-state index contributed by atoms with van der Waals surface area (Å²) in [5, 5.41) is 0.